The van der Waals surface area contributed by atoms with Gasteiger partial charge in [-0.15, -0.1) is 0 Å². The molecule has 0 bridgehead atoms. The molecule has 0 radical (unpaired) electrons. The first kappa shape index (κ1) is 15.9. The summed E-state index contributed by atoms with van der Waals surface area (Å²) < 4.78 is 5.43. The Labute approximate surface area is 117 Å². The molecule has 0 aliphatic rings. The zero-order valence-corrected chi connectivity index (χ0v) is 11.2. The number of nitro groups is 1. The molecular weight excluding hydrogens is 262 g/mol. The molecule has 0 atom stereocenters. The molecule has 20 heavy (non-hydrogen) atoms. The van der Waals surface area contributed by atoms with E-state index >= 15 is 0 Å². The molecule has 1 rings (SSSR count). The van der Waals surface area contributed by atoms with Gasteiger partial charge in [0.2, 0.25) is 5.91 Å². The first-order chi connectivity index (χ1) is 9.59. The zero-order chi connectivity index (χ0) is 14.8. The van der Waals surface area contributed by atoms with E-state index in [2.05, 4.69) is 5.32 Å². The molecule has 1 aromatic rings. The maximum atomic E-state index is 10.5. The largest absolute Gasteiger partial charge is 0.492 e. The van der Waals surface area contributed by atoms with Crippen molar-refractivity contribution in [2.75, 3.05) is 19.7 Å². The third-order valence-electron chi connectivity index (χ3n) is 2.62. The normalized spacial score (nSPS) is 10.2. The molecule has 7 heteroatoms. The van der Waals surface area contributed by atoms with E-state index in [0.29, 0.717) is 25.3 Å². The second-order valence-electron chi connectivity index (χ2n) is 4.27. The minimum absolute atomic E-state index is 0.0462. The maximum absolute atomic E-state index is 10.5. The van der Waals surface area contributed by atoms with Gasteiger partial charge >= 0.3 is 0 Å². The highest BCUT2D eigenvalue weighted by Crippen LogP contribution is 2.16. The first-order valence-corrected chi connectivity index (χ1v) is 6.46. The average molecular weight is 281 g/mol. The zero-order valence-electron chi connectivity index (χ0n) is 11.2. The number of unbranched alkanes of at least 4 members (excludes halogenated alkanes) is 1. The SMILES string of the molecule is NC(=O)CCCCNCCOc1ccc([N+](=O)[O-])cc1. The quantitative estimate of drug-likeness (QED) is 0.381. The van der Waals surface area contributed by atoms with E-state index in [0.717, 1.165) is 19.4 Å². The second-order valence-corrected chi connectivity index (χ2v) is 4.27. The van der Waals surface area contributed by atoms with Gasteiger partial charge in [-0.2, -0.15) is 0 Å². The van der Waals surface area contributed by atoms with Gasteiger partial charge in [-0.1, -0.05) is 0 Å². The predicted molar refractivity (Wildman–Crippen MR) is 74.5 cm³/mol. The van der Waals surface area contributed by atoms with Crippen LogP contribution in [0.25, 0.3) is 0 Å². The molecule has 0 aliphatic carbocycles. The summed E-state index contributed by atoms with van der Waals surface area (Å²) in [6.45, 7) is 1.96. The summed E-state index contributed by atoms with van der Waals surface area (Å²) in [5, 5.41) is 13.6. The molecule has 0 heterocycles. The van der Waals surface area contributed by atoms with E-state index in [-0.39, 0.29) is 11.6 Å². The lowest BCUT2D eigenvalue weighted by molar-refractivity contribution is -0.384. The fraction of sp³-hybridized carbons (Fsp3) is 0.462. The van der Waals surface area contributed by atoms with Gasteiger partial charge in [0.1, 0.15) is 12.4 Å². The lowest BCUT2D eigenvalue weighted by atomic mass is 10.2. The summed E-state index contributed by atoms with van der Waals surface area (Å²) in [7, 11) is 0. The number of non-ortho nitro benzene ring substituents is 1. The Balaban J connectivity index is 2.06. The molecule has 110 valence electrons. The van der Waals surface area contributed by atoms with Crippen LogP contribution in [0.2, 0.25) is 0 Å². The number of ether oxygens (including phenoxy) is 1. The van der Waals surface area contributed by atoms with Gasteiger partial charge < -0.3 is 15.8 Å². The van der Waals surface area contributed by atoms with Crippen LogP contribution in [0.5, 0.6) is 5.75 Å². The Kier molecular flexibility index (Phi) is 7.05. The molecule has 0 aliphatic heterocycles. The van der Waals surface area contributed by atoms with Crippen LogP contribution in [0.1, 0.15) is 19.3 Å². The van der Waals surface area contributed by atoms with Crippen molar-refractivity contribution >= 4 is 11.6 Å². The number of nitrogens with one attached hydrogen (secondary N) is 1. The molecule has 1 amide bonds. The van der Waals surface area contributed by atoms with Crippen LogP contribution in [0.15, 0.2) is 24.3 Å². The highest BCUT2D eigenvalue weighted by molar-refractivity contribution is 5.73. The second kappa shape index (κ2) is 8.87. The number of hydrogen-bond donors (Lipinski definition) is 2. The number of benzene rings is 1. The van der Waals surface area contributed by atoms with Gasteiger partial charge in [0.15, 0.2) is 0 Å². The number of carbonyl (C=O) groups excluding carboxylic acids is 1. The smallest absolute Gasteiger partial charge is 0.269 e. The lowest BCUT2D eigenvalue weighted by Crippen LogP contribution is -2.22. The highest BCUT2D eigenvalue weighted by atomic mass is 16.6. The van der Waals surface area contributed by atoms with Crippen LogP contribution in [0.4, 0.5) is 5.69 Å². The Morgan fingerprint density at radius 2 is 1.95 bits per heavy atom. The van der Waals surface area contributed by atoms with Gasteiger partial charge in [0.05, 0.1) is 4.92 Å². The molecule has 0 aromatic heterocycles. The van der Waals surface area contributed by atoms with Gasteiger partial charge in [0, 0.05) is 25.1 Å². The van der Waals surface area contributed by atoms with Crippen molar-refractivity contribution in [3.05, 3.63) is 34.4 Å². The van der Waals surface area contributed by atoms with Crippen LogP contribution in [0.3, 0.4) is 0 Å². The first-order valence-electron chi connectivity index (χ1n) is 6.46. The van der Waals surface area contributed by atoms with Gasteiger partial charge in [-0.05, 0) is 31.5 Å². The van der Waals surface area contributed by atoms with Crippen LogP contribution in [0, 0.1) is 10.1 Å². The van der Waals surface area contributed by atoms with Crippen molar-refractivity contribution in [2.24, 2.45) is 5.73 Å². The third-order valence-corrected chi connectivity index (χ3v) is 2.62. The van der Waals surface area contributed by atoms with Crippen LogP contribution in [-0.4, -0.2) is 30.5 Å². The fourth-order valence-electron chi connectivity index (χ4n) is 1.58. The summed E-state index contributed by atoms with van der Waals surface area (Å²) in [4.78, 5) is 20.5. The van der Waals surface area contributed by atoms with Gasteiger partial charge in [-0.3, -0.25) is 14.9 Å². The fourth-order valence-corrected chi connectivity index (χ4v) is 1.58. The van der Waals surface area contributed by atoms with E-state index in [4.69, 9.17) is 10.5 Å². The number of nitro benzene ring substituents is 1. The number of primary amides is 1. The number of nitrogens with zero attached hydrogens (tertiary/aromatic N) is 1. The molecule has 0 saturated carbocycles. The molecule has 0 saturated heterocycles. The molecular formula is C13H19N3O4. The Bertz CT molecular complexity index is 434. The average Bonchev–Trinajstić information content (AvgIpc) is 2.42. The van der Waals surface area contributed by atoms with Crippen molar-refractivity contribution < 1.29 is 14.5 Å². The van der Waals surface area contributed by atoms with Crippen LogP contribution >= 0.6 is 0 Å². The molecule has 0 fully saturated rings. The number of amides is 1. The Morgan fingerprint density at radius 1 is 1.25 bits per heavy atom. The van der Waals surface area contributed by atoms with Crippen LogP contribution < -0.4 is 15.8 Å². The van der Waals surface area contributed by atoms with Crippen molar-refractivity contribution in [3.8, 4) is 5.75 Å². The predicted octanol–water partition coefficient (Wildman–Crippen LogP) is 1.22. The Hall–Kier alpha value is -2.15. The lowest BCUT2D eigenvalue weighted by Gasteiger charge is -2.07. The third kappa shape index (κ3) is 6.69. The minimum Gasteiger partial charge on any atom is -0.492 e. The molecule has 7 nitrogen and oxygen atoms in total. The van der Waals surface area contributed by atoms with Crippen molar-refractivity contribution in [3.63, 3.8) is 0 Å². The standard InChI is InChI=1S/C13H19N3O4/c14-13(17)3-1-2-8-15-9-10-20-12-6-4-11(5-7-12)16(18)19/h4-7,15H,1-3,8-10H2,(H2,14,17). The van der Waals surface area contributed by atoms with Gasteiger partial charge in [-0.25, -0.2) is 0 Å². The number of nitrogens with two attached hydrogens (primary N) is 1. The topological polar surface area (TPSA) is 107 Å². The van der Waals surface area contributed by atoms with E-state index in [1.54, 1.807) is 12.1 Å². The number of carbonyl (C=O) groups is 1. The van der Waals surface area contributed by atoms with Crippen LogP contribution in [-0.2, 0) is 4.79 Å². The molecule has 0 unspecified atom stereocenters. The van der Waals surface area contributed by atoms with E-state index in [9.17, 15) is 14.9 Å². The summed E-state index contributed by atoms with van der Waals surface area (Å²) in [5.41, 5.74) is 5.07. The minimum atomic E-state index is -0.447. The monoisotopic (exact) mass is 281 g/mol. The molecule has 3 N–H and O–H groups in total. The van der Waals surface area contributed by atoms with Gasteiger partial charge in [0.25, 0.3) is 5.69 Å². The maximum Gasteiger partial charge on any atom is 0.269 e. The van der Waals surface area contributed by atoms with E-state index in [1.807, 2.05) is 0 Å². The van der Waals surface area contributed by atoms with E-state index < -0.39 is 4.92 Å². The summed E-state index contributed by atoms with van der Waals surface area (Å²) in [6, 6.07) is 5.97. The summed E-state index contributed by atoms with van der Waals surface area (Å²) >= 11 is 0. The molecule has 1 aromatic carbocycles. The summed E-state index contributed by atoms with van der Waals surface area (Å²) in [6.07, 6.45) is 2.09. The Morgan fingerprint density at radius 3 is 2.55 bits per heavy atom. The number of rotatable bonds is 10. The number of hydrogen-bond acceptors (Lipinski definition) is 5. The van der Waals surface area contributed by atoms with Crippen molar-refractivity contribution in [2.45, 2.75) is 19.3 Å². The molecule has 0 spiro atoms. The summed E-state index contributed by atoms with van der Waals surface area (Å²) in [5.74, 6) is 0.331. The van der Waals surface area contributed by atoms with Crippen molar-refractivity contribution in [1.82, 2.24) is 5.32 Å². The highest BCUT2D eigenvalue weighted by Gasteiger charge is 2.03. The van der Waals surface area contributed by atoms with Crippen molar-refractivity contribution in [1.29, 1.82) is 0 Å². The van der Waals surface area contributed by atoms with E-state index in [1.165, 1.54) is 12.1 Å².